The molecule has 1 aromatic carbocycles. The van der Waals surface area contributed by atoms with E-state index in [4.69, 9.17) is 21.1 Å². The number of rotatable bonds is 5. The van der Waals surface area contributed by atoms with E-state index < -0.39 is 6.03 Å². The fourth-order valence-electron chi connectivity index (χ4n) is 2.55. The molecule has 2 aromatic rings. The fourth-order valence-corrected chi connectivity index (χ4v) is 2.72. The molecule has 2 amide bonds. The van der Waals surface area contributed by atoms with Gasteiger partial charge in [0.05, 0.1) is 32.6 Å². The van der Waals surface area contributed by atoms with Crippen LogP contribution in [0.3, 0.4) is 0 Å². The van der Waals surface area contributed by atoms with Crippen molar-refractivity contribution in [2.75, 3.05) is 43.6 Å². The zero-order valence-corrected chi connectivity index (χ0v) is 15.1. The first kappa shape index (κ1) is 18.2. The summed E-state index contributed by atoms with van der Waals surface area (Å²) in [7, 11) is 1.53. The van der Waals surface area contributed by atoms with Gasteiger partial charge in [-0.05, 0) is 24.3 Å². The van der Waals surface area contributed by atoms with Crippen LogP contribution in [0.5, 0.6) is 5.75 Å². The number of aromatic nitrogens is 2. The van der Waals surface area contributed by atoms with Gasteiger partial charge in [0, 0.05) is 24.3 Å². The molecule has 1 aromatic heterocycles. The van der Waals surface area contributed by atoms with Gasteiger partial charge in [-0.1, -0.05) is 11.6 Å². The first-order chi connectivity index (χ1) is 12.7. The monoisotopic (exact) mass is 377 g/mol. The highest BCUT2D eigenvalue weighted by atomic mass is 35.5. The van der Waals surface area contributed by atoms with Crippen molar-refractivity contribution in [1.29, 1.82) is 0 Å². The standard InChI is InChI=1S/C17H20ClN5O3/c1-25-14-3-2-12(18)10-13(14)21-17(24)20-11-15-19-5-4-16(22-15)23-6-8-26-9-7-23/h2-5,10H,6-9,11H2,1H3,(H2,20,21,24). The van der Waals surface area contributed by atoms with E-state index in [1.54, 1.807) is 24.4 Å². The summed E-state index contributed by atoms with van der Waals surface area (Å²) in [6.07, 6.45) is 1.69. The number of carbonyl (C=O) groups is 1. The maximum Gasteiger partial charge on any atom is 0.319 e. The number of halogens is 1. The Hall–Kier alpha value is -2.58. The molecule has 1 aliphatic heterocycles. The maximum atomic E-state index is 12.1. The van der Waals surface area contributed by atoms with Gasteiger partial charge in [0.2, 0.25) is 0 Å². The Labute approximate surface area is 156 Å². The largest absolute Gasteiger partial charge is 0.495 e. The van der Waals surface area contributed by atoms with Crippen LogP contribution in [0.15, 0.2) is 30.5 Å². The van der Waals surface area contributed by atoms with Crippen LogP contribution in [0, 0.1) is 0 Å². The smallest absolute Gasteiger partial charge is 0.319 e. The van der Waals surface area contributed by atoms with Gasteiger partial charge in [0.1, 0.15) is 17.4 Å². The van der Waals surface area contributed by atoms with Crippen molar-refractivity contribution in [3.63, 3.8) is 0 Å². The van der Waals surface area contributed by atoms with E-state index in [1.165, 1.54) is 7.11 Å². The van der Waals surface area contributed by atoms with Crippen LogP contribution >= 0.6 is 11.6 Å². The van der Waals surface area contributed by atoms with Crippen molar-refractivity contribution < 1.29 is 14.3 Å². The highest BCUT2D eigenvalue weighted by molar-refractivity contribution is 6.31. The Morgan fingerprint density at radius 2 is 2.15 bits per heavy atom. The normalized spacial score (nSPS) is 14.0. The minimum absolute atomic E-state index is 0.201. The minimum Gasteiger partial charge on any atom is -0.495 e. The lowest BCUT2D eigenvalue weighted by Gasteiger charge is -2.27. The van der Waals surface area contributed by atoms with Gasteiger partial charge < -0.3 is 25.0 Å². The predicted molar refractivity (Wildman–Crippen MR) is 98.9 cm³/mol. The number of hydrogen-bond donors (Lipinski definition) is 2. The van der Waals surface area contributed by atoms with Crippen molar-refractivity contribution in [3.05, 3.63) is 41.3 Å². The molecule has 0 unspecified atom stereocenters. The predicted octanol–water partition coefficient (Wildman–Crippen LogP) is 2.30. The average Bonchev–Trinajstić information content (AvgIpc) is 2.67. The number of ether oxygens (including phenoxy) is 2. The van der Waals surface area contributed by atoms with E-state index in [1.807, 2.05) is 6.07 Å². The summed E-state index contributed by atoms with van der Waals surface area (Å²) >= 11 is 5.96. The van der Waals surface area contributed by atoms with Gasteiger partial charge in [-0.15, -0.1) is 0 Å². The number of nitrogens with zero attached hydrogens (tertiary/aromatic N) is 3. The molecule has 0 saturated carbocycles. The highest BCUT2D eigenvalue weighted by Crippen LogP contribution is 2.27. The van der Waals surface area contributed by atoms with E-state index in [0.29, 0.717) is 35.5 Å². The zero-order chi connectivity index (χ0) is 18.4. The molecule has 2 heterocycles. The SMILES string of the molecule is COc1ccc(Cl)cc1NC(=O)NCc1nccc(N2CCOCC2)n1. The van der Waals surface area contributed by atoms with Gasteiger partial charge in [0.25, 0.3) is 0 Å². The quantitative estimate of drug-likeness (QED) is 0.831. The van der Waals surface area contributed by atoms with E-state index in [-0.39, 0.29) is 6.54 Å². The second-order valence-electron chi connectivity index (χ2n) is 5.58. The molecule has 3 rings (SSSR count). The zero-order valence-electron chi connectivity index (χ0n) is 14.4. The van der Waals surface area contributed by atoms with Crippen molar-refractivity contribution in [3.8, 4) is 5.75 Å². The van der Waals surface area contributed by atoms with Crippen LogP contribution in [0.25, 0.3) is 0 Å². The molecule has 2 N–H and O–H groups in total. The van der Waals surface area contributed by atoms with Crippen molar-refractivity contribution in [2.24, 2.45) is 0 Å². The third-order valence-corrected chi connectivity index (χ3v) is 4.08. The molecule has 9 heteroatoms. The number of amides is 2. The molecule has 0 spiro atoms. The van der Waals surface area contributed by atoms with Gasteiger partial charge >= 0.3 is 6.03 Å². The highest BCUT2D eigenvalue weighted by Gasteiger charge is 2.13. The summed E-state index contributed by atoms with van der Waals surface area (Å²) < 4.78 is 10.5. The summed E-state index contributed by atoms with van der Waals surface area (Å²) in [5.74, 6) is 1.88. The average molecular weight is 378 g/mol. The number of methoxy groups -OCH3 is 1. The minimum atomic E-state index is -0.397. The van der Waals surface area contributed by atoms with Gasteiger partial charge in [-0.2, -0.15) is 0 Å². The van der Waals surface area contributed by atoms with Gasteiger partial charge in [0.15, 0.2) is 0 Å². The van der Waals surface area contributed by atoms with E-state index in [0.717, 1.165) is 18.9 Å². The lowest BCUT2D eigenvalue weighted by Crippen LogP contribution is -2.37. The Balaban J connectivity index is 1.58. The van der Waals surface area contributed by atoms with Gasteiger partial charge in [-0.25, -0.2) is 14.8 Å². The molecule has 8 nitrogen and oxygen atoms in total. The van der Waals surface area contributed by atoms with Gasteiger partial charge in [-0.3, -0.25) is 0 Å². The number of nitrogens with one attached hydrogen (secondary N) is 2. The lowest BCUT2D eigenvalue weighted by molar-refractivity contribution is 0.122. The molecule has 0 bridgehead atoms. The molecule has 26 heavy (non-hydrogen) atoms. The number of morpholine rings is 1. The Morgan fingerprint density at radius 1 is 1.35 bits per heavy atom. The Morgan fingerprint density at radius 3 is 2.92 bits per heavy atom. The van der Waals surface area contributed by atoms with Crippen LogP contribution in [0.4, 0.5) is 16.3 Å². The molecule has 0 radical (unpaired) electrons. The van der Waals surface area contributed by atoms with Crippen molar-refractivity contribution >= 4 is 29.1 Å². The molecular weight excluding hydrogens is 358 g/mol. The number of urea groups is 1. The Kier molecular flexibility index (Phi) is 6.08. The van der Waals surface area contributed by atoms with E-state index in [2.05, 4.69) is 25.5 Å². The molecular formula is C17H20ClN5O3. The third kappa shape index (κ3) is 4.74. The molecule has 1 aliphatic rings. The first-order valence-corrected chi connectivity index (χ1v) is 8.56. The summed E-state index contributed by atoms with van der Waals surface area (Å²) in [6.45, 7) is 3.15. The maximum absolute atomic E-state index is 12.1. The third-order valence-electron chi connectivity index (χ3n) is 3.84. The number of benzene rings is 1. The number of anilines is 2. The summed E-state index contributed by atoms with van der Waals surface area (Å²) in [5.41, 5.74) is 0.487. The number of carbonyl (C=O) groups excluding carboxylic acids is 1. The topological polar surface area (TPSA) is 88.6 Å². The molecule has 0 atom stereocenters. The van der Waals surface area contributed by atoms with E-state index in [9.17, 15) is 4.79 Å². The molecule has 0 aliphatic carbocycles. The van der Waals surface area contributed by atoms with Crippen molar-refractivity contribution in [1.82, 2.24) is 15.3 Å². The lowest BCUT2D eigenvalue weighted by atomic mass is 10.3. The van der Waals surface area contributed by atoms with Crippen molar-refractivity contribution in [2.45, 2.75) is 6.54 Å². The summed E-state index contributed by atoms with van der Waals surface area (Å²) in [4.78, 5) is 23.0. The summed E-state index contributed by atoms with van der Waals surface area (Å²) in [6, 6.07) is 6.45. The van der Waals surface area contributed by atoms with Crippen LogP contribution in [0.2, 0.25) is 5.02 Å². The first-order valence-electron chi connectivity index (χ1n) is 8.19. The Bertz CT molecular complexity index is 768. The van der Waals surface area contributed by atoms with Crippen LogP contribution in [-0.2, 0) is 11.3 Å². The van der Waals surface area contributed by atoms with Crippen LogP contribution < -0.4 is 20.3 Å². The number of hydrogen-bond acceptors (Lipinski definition) is 6. The molecule has 1 fully saturated rings. The van der Waals surface area contributed by atoms with Crippen LogP contribution in [-0.4, -0.2) is 49.4 Å². The second kappa shape index (κ2) is 8.68. The van der Waals surface area contributed by atoms with E-state index >= 15 is 0 Å². The fraction of sp³-hybridized carbons (Fsp3) is 0.353. The summed E-state index contributed by atoms with van der Waals surface area (Å²) in [5, 5.41) is 5.94. The van der Waals surface area contributed by atoms with Crippen LogP contribution in [0.1, 0.15) is 5.82 Å². The second-order valence-corrected chi connectivity index (χ2v) is 6.02. The molecule has 1 saturated heterocycles. The molecule has 138 valence electrons.